The van der Waals surface area contributed by atoms with Gasteiger partial charge in [0.15, 0.2) is 0 Å². The van der Waals surface area contributed by atoms with Crippen molar-refractivity contribution in [3.05, 3.63) is 77.9 Å². The number of ether oxygens (including phenoxy) is 2. The molecule has 0 N–H and O–H groups in total. The highest BCUT2D eigenvalue weighted by atomic mass is 35.5. The number of methoxy groups -OCH3 is 1. The van der Waals surface area contributed by atoms with Gasteiger partial charge in [0, 0.05) is 35.6 Å². The van der Waals surface area contributed by atoms with Crippen molar-refractivity contribution >= 4 is 39.1 Å². The Hall–Kier alpha value is -3.61. The van der Waals surface area contributed by atoms with E-state index in [4.69, 9.17) is 31.2 Å². The summed E-state index contributed by atoms with van der Waals surface area (Å²) in [5, 5.41) is 7.71. The molecular weight excluding hydrogens is 448 g/mol. The van der Waals surface area contributed by atoms with Gasteiger partial charge in [0.05, 0.1) is 47.8 Å². The number of fused-ring (bicyclic) bond motifs is 3. The van der Waals surface area contributed by atoms with E-state index in [-0.39, 0.29) is 0 Å². The smallest absolute Gasteiger partial charge is 0.119 e. The minimum Gasteiger partial charge on any atom is -0.497 e. The summed E-state index contributed by atoms with van der Waals surface area (Å²) in [6.45, 7) is 3.10. The molecule has 3 aromatic carbocycles. The number of para-hydroxylation sites is 1. The van der Waals surface area contributed by atoms with Gasteiger partial charge in [0.2, 0.25) is 0 Å². The Morgan fingerprint density at radius 3 is 2.53 bits per heavy atom. The van der Waals surface area contributed by atoms with Gasteiger partial charge < -0.3 is 14.4 Å². The van der Waals surface area contributed by atoms with Gasteiger partial charge in [-0.15, -0.1) is 0 Å². The van der Waals surface area contributed by atoms with E-state index in [0.29, 0.717) is 18.2 Å². The predicted octanol–water partition coefficient (Wildman–Crippen LogP) is 5.74. The van der Waals surface area contributed by atoms with Crippen molar-refractivity contribution in [2.45, 2.75) is 0 Å². The fraction of sp³-hybridized carbons (Fsp3) is 0.185. The first-order valence-corrected chi connectivity index (χ1v) is 11.6. The quantitative estimate of drug-likeness (QED) is 0.335. The highest BCUT2D eigenvalue weighted by Crippen LogP contribution is 2.37. The number of aromatic nitrogens is 3. The molecule has 0 radical (unpaired) electrons. The highest BCUT2D eigenvalue weighted by molar-refractivity contribution is 6.33. The van der Waals surface area contributed by atoms with Gasteiger partial charge in [-0.05, 0) is 42.5 Å². The summed E-state index contributed by atoms with van der Waals surface area (Å²) < 4.78 is 13.0. The standard InChI is InChI=1S/C27H23ClN4O2/c1-33-20-8-9-24-21(16-20)27-22(17-29-24)26(30-32(27)19-5-3-2-4-6-19)18-7-10-25(23(28)15-18)31-11-13-34-14-12-31/h2-10,15-17H,11-14H2,1H3. The largest absolute Gasteiger partial charge is 0.497 e. The van der Waals surface area contributed by atoms with Crippen molar-refractivity contribution in [3.63, 3.8) is 0 Å². The van der Waals surface area contributed by atoms with Crippen LogP contribution in [-0.4, -0.2) is 48.2 Å². The van der Waals surface area contributed by atoms with Crippen molar-refractivity contribution in [3.8, 4) is 22.7 Å². The molecule has 1 aliphatic rings. The van der Waals surface area contributed by atoms with Crippen molar-refractivity contribution in [2.75, 3.05) is 38.3 Å². The average molecular weight is 471 g/mol. The molecule has 6 rings (SSSR count). The van der Waals surface area contributed by atoms with Crippen LogP contribution in [0, 0.1) is 0 Å². The van der Waals surface area contributed by atoms with Crippen molar-refractivity contribution in [1.29, 1.82) is 0 Å². The monoisotopic (exact) mass is 470 g/mol. The number of nitrogens with zero attached hydrogens (tertiary/aromatic N) is 4. The Labute approximate surface area is 202 Å². The molecule has 170 valence electrons. The molecule has 0 spiro atoms. The number of anilines is 1. The Morgan fingerprint density at radius 2 is 1.76 bits per heavy atom. The van der Waals surface area contributed by atoms with E-state index in [1.165, 1.54) is 0 Å². The van der Waals surface area contributed by atoms with Crippen molar-refractivity contribution in [2.24, 2.45) is 0 Å². The third kappa shape index (κ3) is 3.56. The highest BCUT2D eigenvalue weighted by Gasteiger charge is 2.20. The van der Waals surface area contributed by atoms with E-state index < -0.39 is 0 Å². The van der Waals surface area contributed by atoms with Gasteiger partial charge in [0.25, 0.3) is 0 Å². The summed E-state index contributed by atoms with van der Waals surface area (Å²) in [5.41, 5.74) is 5.66. The summed E-state index contributed by atoms with van der Waals surface area (Å²) in [7, 11) is 1.67. The Morgan fingerprint density at radius 1 is 0.941 bits per heavy atom. The molecule has 0 amide bonds. The summed E-state index contributed by atoms with van der Waals surface area (Å²) >= 11 is 6.77. The van der Waals surface area contributed by atoms with Crippen LogP contribution in [0.4, 0.5) is 5.69 Å². The number of hydrogen-bond donors (Lipinski definition) is 0. The predicted molar refractivity (Wildman–Crippen MR) is 136 cm³/mol. The third-order valence-electron chi connectivity index (χ3n) is 6.29. The Kier molecular flexibility index (Phi) is 5.32. The lowest BCUT2D eigenvalue weighted by atomic mass is 10.1. The minimum atomic E-state index is 0.706. The number of morpholine rings is 1. The number of pyridine rings is 1. The van der Waals surface area contributed by atoms with Crippen LogP contribution >= 0.6 is 11.6 Å². The fourth-order valence-electron chi connectivity index (χ4n) is 4.57. The van der Waals surface area contributed by atoms with Crippen LogP contribution in [0.25, 0.3) is 38.8 Å². The zero-order chi connectivity index (χ0) is 23.1. The third-order valence-corrected chi connectivity index (χ3v) is 6.59. The fourth-order valence-corrected chi connectivity index (χ4v) is 4.87. The van der Waals surface area contributed by atoms with Crippen LogP contribution in [0.2, 0.25) is 5.02 Å². The van der Waals surface area contributed by atoms with E-state index in [0.717, 1.165) is 63.3 Å². The van der Waals surface area contributed by atoms with Crippen molar-refractivity contribution < 1.29 is 9.47 Å². The first-order valence-electron chi connectivity index (χ1n) is 11.3. The maximum atomic E-state index is 6.77. The van der Waals surface area contributed by atoms with Gasteiger partial charge in [0.1, 0.15) is 11.4 Å². The van der Waals surface area contributed by atoms with Gasteiger partial charge >= 0.3 is 0 Å². The zero-order valence-electron chi connectivity index (χ0n) is 18.7. The molecule has 1 fully saturated rings. The molecule has 2 aromatic heterocycles. The lowest BCUT2D eigenvalue weighted by molar-refractivity contribution is 0.122. The number of halogens is 1. The molecular formula is C27H23ClN4O2. The van der Waals surface area contributed by atoms with Crippen LogP contribution < -0.4 is 9.64 Å². The number of benzene rings is 3. The molecule has 0 unspecified atom stereocenters. The van der Waals surface area contributed by atoms with E-state index in [2.05, 4.69) is 29.2 Å². The maximum absolute atomic E-state index is 6.77. The Balaban J connectivity index is 1.57. The molecule has 5 aromatic rings. The molecule has 0 bridgehead atoms. The van der Waals surface area contributed by atoms with E-state index in [1.54, 1.807) is 7.11 Å². The second kappa shape index (κ2) is 8.63. The Bertz CT molecular complexity index is 1490. The molecule has 7 heteroatoms. The topological polar surface area (TPSA) is 52.4 Å². The van der Waals surface area contributed by atoms with Gasteiger partial charge in [-0.2, -0.15) is 5.10 Å². The molecule has 6 nitrogen and oxygen atoms in total. The summed E-state index contributed by atoms with van der Waals surface area (Å²) in [6.07, 6.45) is 1.90. The van der Waals surface area contributed by atoms with E-state index >= 15 is 0 Å². The van der Waals surface area contributed by atoms with Crippen LogP contribution in [0.1, 0.15) is 0 Å². The second-order valence-electron chi connectivity index (χ2n) is 8.27. The number of hydrogen-bond acceptors (Lipinski definition) is 5. The van der Waals surface area contributed by atoms with Crippen LogP contribution in [0.3, 0.4) is 0 Å². The summed E-state index contributed by atoms with van der Waals surface area (Å²) in [6, 6.07) is 22.2. The SMILES string of the molecule is COc1ccc2ncc3c(-c4ccc(N5CCOCC5)c(Cl)c4)nn(-c4ccccc4)c3c2c1. The molecule has 3 heterocycles. The molecule has 0 saturated carbocycles. The molecule has 0 atom stereocenters. The first-order chi connectivity index (χ1) is 16.7. The van der Waals surface area contributed by atoms with E-state index in [9.17, 15) is 0 Å². The maximum Gasteiger partial charge on any atom is 0.119 e. The zero-order valence-corrected chi connectivity index (χ0v) is 19.5. The van der Waals surface area contributed by atoms with Gasteiger partial charge in [-0.3, -0.25) is 4.98 Å². The van der Waals surface area contributed by atoms with Crippen LogP contribution in [0.15, 0.2) is 72.9 Å². The second-order valence-corrected chi connectivity index (χ2v) is 8.67. The van der Waals surface area contributed by atoms with Crippen LogP contribution in [0.5, 0.6) is 5.75 Å². The molecule has 1 aliphatic heterocycles. The minimum absolute atomic E-state index is 0.706. The van der Waals surface area contributed by atoms with Crippen LogP contribution in [-0.2, 0) is 4.74 Å². The molecule has 34 heavy (non-hydrogen) atoms. The van der Waals surface area contributed by atoms with Gasteiger partial charge in [-0.1, -0.05) is 35.9 Å². The lowest BCUT2D eigenvalue weighted by Crippen LogP contribution is -2.36. The molecule has 1 saturated heterocycles. The molecule has 0 aliphatic carbocycles. The van der Waals surface area contributed by atoms with Gasteiger partial charge in [-0.25, -0.2) is 4.68 Å². The normalized spacial score (nSPS) is 14.1. The lowest BCUT2D eigenvalue weighted by Gasteiger charge is -2.29. The number of rotatable bonds is 4. The summed E-state index contributed by atoms with van der Waals surface area (Å²) in [5.74, 6) is 0.780. The summed E-state index contributed by atoms with van der Waals surface area (Å²) in [4.78, 5) is 6.99. The van der Waals surface area contributed by atoms with Crippen molar-refractivity contribution in [1.82, 2.24) is 14.8 Å². The van der Waals surface area contributed by atoms with E-state index in [1.807, 2.05) is 53.3 Å². The first kappa shape index (κ1) is 21.0. The average Bonchev–Trinajstić information content (AvgIpc) is 3.29.